The van der Waals surface area contributed by atoms with Crippen molar-refractivity contribution in [1.29, 1.82) is 0 Å². The summed E-state index contributed by atoms with van der Waals surface area (Å²) < 4.78 is 0. The number of hydrogen-bond acceptors (Lipinski definition) is 0. The van der Waals surface area contributed by atoms with Gasteiger partial charge < -0.3 is 0 Å². The molecule has 0 unspecified atom stereocenters. The van der Waals surface area contributed by atoms with E-state index in [0.717, 1.165) is 0 Å². The Morgan fingerprint density at radius 3 is 1.80 bits per heavy atom. The summed E-state index contributed by atoms with van der Waals surface area (Å²) in [5.74, 6) is 0.531. The third kappa shape index (κ3) is 3.72. The SMILES string of the molecule is CC(C)c1ccc2c(c1)C(C)(C)c1cc(C(C)(C)c3ccc4ccc5cc(C(C)(C)C)cc6ccc3c4c56)ccc1-2. The van der Waals surface area contributed by atoms with Crippen molar-refractivity contribution in [3.8, 4) is 11.1 Å². The normalized spacial score (nSPS) is 14.9. The molecule has 0 atom stereocenters. The Morgan fingerprint density at radius 2 is 1.15 bits per heavy atom. The summed E-state index contributed by atoms with van der Waals surface area (Å²) in [7, 11) is 0. The summed E-state index contributed by atoms with van der Waals surface area (Å²) in [4.78, 5) is 0. The summed E-state index contributed by atoms with van der Waals surface area (Å²) >= 11 is 0. The molecule has 206 valence electrons. The highest BCUT2D eigenvalue weighted by molar-refractivity contribution is 6.24. The van der Waals surface area contributed by atoms with Crippen molar-refractivity contribution in [2.24, 2.45) is 0 Å². The first kappa shape index (κ1) is 26.3. The molecular weight excluding hydrogens is 492 g/mol. The summed E-state index contributed by atoms with van der Waals surface area (Å²) in [6, 6.07) is 33.3. The second-order valence-electron chi connectivity index (χ2n) is 14.9. The van der Waals surface area contributed by atoms with Gasteiger partial charge in [0.05, 0.1) is 0 Å². The molecule has 0 spiro atoms. The molecule has 0 aliphatic heterocycles. The zero-order chi connectivity index (χ0) is 29.1. The fourth-order valence-electron chi connectivity index (χ4n) is 7.46. The molecule has 0 fully saturated rings. The third-order valence-electron chi connectivity index (χ3n) is 10.2. The molecule has 41 heavy (non-hydrogen) atoms. The van der Waals surface area contributed by atoms with Crippen LogP contribution >= 0.6 is 0 Å². The molecule has 0 heteroatoms. The first-order chi connectivity index (χ1) is 19.3. The summed E-state index contributed by atoms with van der Waals surface area (Å²) in [5, 5.41) is 8.20. The largest absolute Gasteiger partial charge is 0.0587 e. The van der Waals surface area contributed by atoms with E-state index in [-0.39, 0.29) is 16.2 Å². The highest BCUT2D eigenvalue weighted by Crippen LogP contribution is 2.51. The number of hydrogen-bond donors (Lipinski definition) is 0. The molecule has 6 aromatic carbocycles. The Bertz CT molecular complexity index is 1970. The van der Waals surface area contributed by atoms with Crippen LogP contribution in [0.1, 0.15) is 102 Å². The first-order valence-electron chi connectivity index (χ1n) is 15.3. The minimum Gasteiger partial charge on any atom is -0.0587 e. The summed E-state index contributed by atoms with van der Waals surface area (Å²) in [6.07, 6.45) is 0. The van der Waals surface area contributed by atoms with Crippen molar-refractivity contribution in [2.45, 2.75) is 84.5 Å². The average molecular weight is 535 g/mol. The molecule has 0 amide bonds. The van der Waals surface area contributed by atoms with Gasteiger partial charge in [0.1, 0.15) is 0 Å². The second-order valence-corrected chi connectivity index (χ2v) is 14.9. The molecule has 0 saturated carbocycles. The van der Waals surface area contributed by atoms with Crippen molar-refractivity contribution in [3.63, 3.8) is 0 Å². The van der Waals surface area contributed by atoms with Crippen LogP contribution in [-0.4, -0.2) is 0 Å². The lowest BCUT2D eigenvalue weighted by atomic mass is 9.73. The van der Waals surface area contributed by atoms with Crippen molar-refractivity contribution in [3.05, 3.63) is 118 Å². The topological polar surface area (TPSA) is 0 Å². The zero-order valence-electron chi connectivity index (χ0n) is 26.2. The van der Waals surface area contributed by atoms with Crippen molar-refractivity contribution >= 4 is 32.3 Å². The monoisotopic (exact) mass is 534 g/mol. The molecule has 0 heterocycles. The van der Waals surface area contributed by atoms with E-state index >= 15 is 0 Å². The number of rotatable bonds is 3. The predicted molar refractivity (Wildman–Crippen MR) is 179 cm³/mol. The van der Waals surface area contributed by atoms with Gasteiger partial charge in [-0.2, -0.15) is 0 Å². The van der Waals surface area contributed by atoms with E-state index in [1.54, 1.807) is 0 Å². The smallest absolute Gasteiger partial charge is 0.0159 e. The zero-order valence-corrected chi connectivity index (χ0v) is 26.2. The minimum atomic E-state index is -0.151. The molecule has 0 bridgehead atoms. The number of fused-ring (bicyclic) bond motifs is 3. The molecule has 0 radical (unpaired) electrons. The molecule has 1 aliphatic rings. The fraction of sp³-hybridized carbons (Fsp3) is 0.317. The van der Waals surface area contributed by atoms with Gasteiger partial charge in [-0.1, -0.05) is 147 Å². The van der Waals surface area contributed by atoms with E-state index in [2.05, 4.69) is 147 Å². The lowest BCUT2D eigenvalue weighted by Crippen LogP contribution is -2.21. The van der Waals surface area contributed by atoms with Crippen LogP contribution < -0.4 is 0 Å². The van der Waals surface area contributed by atoms with Crippen LogP contribution in [0.5, 0.6) is 0 Å². The van der Waals surface area contributed by atoms with Crippen molar-refractivity contribution in [2.75, 3.05) is 0 Å². The van der Waals surface area contributed by atoms with E-state index in [0.29, 0.717) is 5.92 Å². The lowest BCUT2D eigenvalue weighted by Gasteiger charge is -2.31. The van der Waals surface area contributed by atoms with Crippen LogP contribution in [0, 0.1) is 0 Å². The van der Waals surface area contributed by atoms with Gasteiger partial charge in [-0.25, -0.2) is 0 Å². The van der Waals surface area contributed by atoms with Gasteiger partial charge in [-0.15, -0.1) is 0 Å². The highest BCUT2D eigenvalue weighted by Gasteiger charge is 2.37. The first-order valence-corrected chi connectivity index (χ1v) is 15.3. The van der Waals surface area contributed by atoms with Gasteiger partial charge in [0.25, 0.3) is 0 Å². The van der Waals surface area contributed by atoms with Crippen LogP contribution in [0.15, 0.2) is 84.9 Å². The van der Waals surface area contributed by atoms with E-state index in [1.165, 1.54) is 76.8 Å². The Morgan fingerprint density at radius 1 is 0.561 bits per heavy atom. The number of benzene rings is 6. The van der Waals surface area contributed by atoms with Gasteiger partial charge >= 0.3 is 0 Å². The van der Waals surface area contributed by atoms with Gasteiger partial charge in [0.2, 0.25) is 0 Å². The average Bonchev–Trinajstić information content (AvgIpc) is 3.16. The molecule has 6 aromatic rings. The Balaban J connectivity index is 1.40. The lowest BCUT2D eigenvalue weighted by molar-refractivity contribution is 0.591. The van der Waals surface area contributed by atoms with Gasteiger partial charge in [-0.05, 0) is 88.2 Å². The molecule has 0 N–H and O–H groups in total. The minimum absolute atomic E-state index is 0.0188. The van der Waals surface area contributed by atoms with E-state index in [9.17, 15) is 0 Å². The molecule has 0 saturated heterocycles. The molecular formula is C41H42. The summed E-state index contributed by atoms with van der Waals surface area (Å²) in [6.45, 7) is 21.1. The Kier molecular flexibility index (Phi) is 5.41. The van der Waals surface area contributed by atoms with Crippen LogP contribution in [-0.2, 0) is 16.2 Å². The van der Waals surface area contributed by atoms with Crippen LogP contribution in [0.4, 0.5) is 0 Å². The van der Waals surface area contributed by atoms with Crippen LogP contribution in [0.3, 0.4) is 0 Å². The maximum absolute atomic E-state index is 2.51. The van der Waals surface area contributed by atoms with E-state index in [4.69, 9.17) is 0 Å². The van der Waals surface area contributed by atoms with Gasteiger partial charge in [0, 0.05) is 10.8 Å². The second kappa shape index (κ2) is 8.45. The van der Waals surface area contributed by atoms with E-state index in [1.807, 2.05) is 0 Å². The quantitative estimate of drug-likeness (QED) is 0.198. The standard InChI is InChI=1S/C41H42/c1-24(2)26-12-16-31-32-18-15-29(23-36(32)41(8,9)35(31)22-26)40(6,7)34-19-14-25-10-11-27-20-30(39(3,4)5)21-28-13-17-33(34)38(25)37(27)28/h10-24H,1-9H3. The maximum Gasteiger partial charge on any atom is 0.0159 e. The van der Waals surface area contributed by atoms with E-state index < -0.39 is 0 Å². The van der Waals surface area contributed by atoms with Crippen LogP contribution in [0.2, 0.25) is 0 Å². The molecule has 0 nitrogen and oxygen atoms in total. The third-order valence-corrected chi connectivity index (χ3v) is 10.2. The Labute approximate surface area is 245 Å². The fourth-order valence-corrected chi connectivity index (χ4v) is 7.46. The maximum atomic E-state index is 2.51. The molecule has 1 aliphatic carbocycles. The van der Waals surface area contributed by atoms with Crippen LogP contribution in [0.25, 0.3) is 43.4 Å². The van der Waals surface area contributed by atoms with Gasteiger partial charge in [0.15, 0.2) is 0 Å². The van der Waals surface area contributed by atoms with Crippen molar-refractivity contribution in [1.82, 2.24) is 0 Å². The molecule has 0 aromatic heterocycles. The Hall–Kier alpha value is -3.64. The van der Waals surface area contributed by atoms with Gasteiger partial charge in [-0.3, -0.25) is 0 Å². The highest BCUT2D eigenvalue weighted by atomic mass is 14.4. The predicted octanol–water partition coefficient (Wildman–Crippen LogP) is 11.6. The summed E-state index contributed by atoms with van der Waals surface area (Å²) in [5.41, 5.74) is 11.3. The molecule has 7 rings (SSSR count). The van der Waals surface area contributed by atoms with Crippen molar-refractivity contribution < 1.29 is 0 Å².